The molecule has 1 aliphatic heterocycles. The molecule has 21 heavy (non-hydrogen) atoms. The summed E-state index contributed by atoms with van der Waals surface area (Å²) in [6, 6.07) is 5.20. The molecule has 5 nitrogen and oxygen atoms in total. The Morgan fingerprint density at radius 1 is 1.48 bits per heavy atom. The number of rotatable bonds is 7. The van der Waals surface area contributed by atoms with Gasteiger partial charge in [-0.3, -0.25) is 10.1 Å². The van der Waals surface area contributed by atoms with E-state index >= 15 is 0 Å². The predicted molar refractivity (Wildman–Crippen MR) is 90.9 cm³/mol. The SMILES string of the molecule is CCCOc1cccc(NCC2CSCCS2)c1[N+](=O)[O-]. The van der Waals surface area contributed by atoms with Gasteiger partial charge in [-0.05, 0) is 18.6 Å². The molecule has 0 bridgehead atoms. The summed E-state index contributed by atoms with van der Waals surface area (Å²) in [5.74, 6) is 3.79. The van der Waals surface area contributed by atoms with E-state index in [1.807, 2.05) is 30.4 Å². The van der Waals surface area contributed by atoms with Crippen LogP contribution in [0.2, 0.25) is 0 Å². The highest BCUT2D eigenvalue weighted by atomic mass is 32.2. The average molecular weight is 328 g/mol. The van der Waals surface area contributed by atoms with Gasteiger partial charge in [-0.1, -0.05) is 13.0 Å². The van der Waals surface area contributed by atoms with Crippen molar-refractivity contribution in [3.8, 4) is 5.75 Å². The van der Waals surface area contributed by atoms with Crippen LogP contribution in [0, 0.1) is 10.1 Å². The average Bonchev–Trinajstić information content (AvgIpc) is 2.51. The Bertz CT molecular complexity index is 479. The quantitative estimate of drug-likeness (QED) is 0.609. The third-order valence-electron chi connectivity index (χ3n) is 3.05. The Balaban J connectivity index is 2.07. The molecule has 0 spiro atoms. The molecule has 2 rings (SSSR count). The molecule has 1 aromatic rings. The van der Waals surface area contributed by atoms with Gasteiger partial charge in [0.2, 0.25) is 0 Å². The van der Waals surface area contributed by atoms with Gasteiger partial charge < -0.3 is 10.1 Å². The van der Waals surface area contributed by atoms with E-state index in [0.717, 1.165) is 24.5 Å². The number of para-hydroxylation sites is 1. The third kappa shape index (κ3) is 4.71. The fourth-order valence-electron chi connectivity index (χ4n) is 2.06. The molecule has 7 heteroatoms. The Morgan fingerprint density at radius 2 is 2.33 bits per heavy atom. The normalized spacial score (nSPS) is 18.2. The predicted octanol–water partition coefficient (Wildman–Crippen LogP) is 3.64. The lowest BCUT2D eigenvalue weighted by molar-refractivity contribution is -0.385. The van der Waals surface area contributed by atoms with Crippen LogP contribution in [0.4, 0.5) is 11.4 Å². The number of thioether (sulfide) groups is 2. The molecule has 1 heterocycles. The van der Waals surface area contributed by atoms with Gasteiger partial charge in [0.25, 0.3) is 0 Å². The summed E-state index contributed by atoms with van der Waals surface area (Å²) >= 11 is 3.87. The Labute approximate surface area is 133 Å². The van der Waals surface area contributed by atoms with Crippen LogP contribution in [-0.4, -0.2) is 40.6 Å². The molecule has 1 unspecified atom stereocenters. The monoisotopic (exact) mass is 328 g/mol. The molecule has 1 aromatic carbocycles. The van der Waals surface area contributed by atoms with Gasteiger partial charge in [0.15, 0.2) is 5.75 Å². The maximum atomic E-state index is 11.3. The molecule has 1 N–H and O–H groups in total. The fraction of sp³-hybridized carbons (Fsp3) is 0.571. The molecule has 0 saturated carbocycles. The maximum absolute atomic E-state index is 11.3. The van der Waals surface area contributed by atoms with Gasteiger partial charge >= 0.3 is 5.69 Å². The van der Waals surface area contributed by atoms with Crippen molar-refractivity contribution in [1.82, 2.24) is 0 Å². The van der Waals surface area contributed by atoms with Crippen LogP contribution in [0.15, 0.2) is 18.2 Å². The molecule has 116 valence electrons. The van der Waals surface area contributed by atoms with E-state index in [0.29, 0.717) is 23.3 Å². The molecule has 0 aliphatic carbocycles. The van der Waals surface area contributed by atoms with Crippen LogP contribution in [-0.2, 0) is 0 Å². The van der Waals surface area contributed by atoms with E-state index in [4.69, 9.17) is 4.74 Å². The second-order valence-electron chi connectivity index (χ2n) is 4.71. The Kier molecular flexibility index (Phi) is 6.50. The van der Waals surface area contributed by atoms with Crippen molar-refractivity contribution in [2.24, 2.45) is 0 Å². The molecule has 1 saturated heterocycles. The molecule has 0 amide bonds. The molecule has 0 aromatic heterocycles. The summed E-state index contributed by atoms with van der Waals surface area (Å²) in [4.78, 5) is 11.0. The molecular weight excluding hydrogens is 308 g/mol. The van der Waals surface area contributed by atoms with E-state index in [1.54, 1.807) is 18.2 Å². The Hall–Kier alpha value is -1.08. The van der Waals surface area contributed by atoms with Crippen LogP contribution in [0.5, 0.6) is 5.75 Å². The lowest BCUT2D eigenvalue weighted by Gasteiger charge is -2.21. The summed E-state index contributed by atoms with van der Waals surface area (Å²) < 4.78 is 5.49. The molecular formula is C14H20N2O3S2. The van der Waals surface area contributed by atoms with E-state index in [2.05, 4.69) is 5.32 Å². The highest BCUT2D eigenvalue weighted by Gasteiger charge is 2.22. The summed E-state index contributed by atoms with van der Waals surface area (Å²) in [5.41, 5.74) is 0.587. The number of ether oxygens (including phenoxy) is 1. The number of nitro benzene ring substituents is 1. The highest BCUT2D eigenvalue weighted by Crippen LogP contribution is 2.35. The van der Waals surface area contributed by atoms with Crippen LogP contribution in [0.3, 0.4) is 0 Å². The first-order chi connectivity index (χ1) is 10.2. The summed E-state index contributed by atoms with van der Waals surface area (Å²) in [7, 11) is 0. The van der Waals surface area contributed by atoms with Gasteiger partial charge in [0, 0.05) is 29.1 Å². The smallest absolute Gasteiger partial charge is 0.333 e. The number of nitro groups is 1. The van der Waals surface area contributed by atoms with Crippen LogP contribution < -0.4 is 10.1 Å². The fourth-order valence-corrected chi connectivity index (χ4v) is 4.67. The van der Waals surface area contributed by atoms with Crippen LogP contribution >= 0.6 is 23.5 Å². The zero-order chi connectivity index (χ0) is 15.1. The minimum atomic E-state index is -0.365. The molecule has 1 aliphatic rings. The van der Waals surface area contributed by atoms with Crippen LogP contribution in [0.1, 0.15) is 13.3 Å². The van der Waals surface area contributed by atoms with Crippen molar-refractivity contribution in [2.45, 2.75) is 18.6 Å². The largest absolute Gasteiger partial charge is 0.487 e. The van der Waals surface area contributed by atoms with Gasteiger partial charge in [-0.15, -0.1) is 0 Å². The topological polar surface area (TPSA) is 64.4 Å². The van der Waals surface area contributed by atoms with Gasteiger partial charge in [0.05, 0.1) is 11.5 Å². The number of anilines is 1. The minimum Gasteiger partial charge on any atom is -0.487 e. The number of hydrogen-bond donors (Lipinski definition) is 1. The standard InChI is InChI=1S/C14H20N2O3S2/c1-2-6-19-13-5-3-4-12(14(13)16(17)18)15-9-11-10-20-7-8-21-11/h3-5,11,15H,2,6-10H2,1H3. The zero-order valence-corrected chi connectivity index (χ0v) is 13.7. The number of nitrogens with zero attached hydrogens (tertiary/aromatic N) is 1. The summed E-state index contributed by atoms with van der Waals surface area (Å²) in [6.45, 7) is 3.21. The second kappa shape index (κ2) is 8.38. The van der Waals surface area contributed by atoms with Crippen molar-refractivity contribution < 1.29 is 9.66 Å². The van der Waals surface area contributed by atoms with E-state index < -0.39 is 0 Å². The van der Waals surface area contributed by atoms with E-state index in [1.165, 1.54) is 5.75 Å². The summed E-state index contributed by atoms with van der Waals surface area (Å²) in [5, 5.41) is 15.1. The summed E-state index contributed by atoms with van der Waals surface area (Å²) in [6.07, 6.45) is 0.824. The van der Waals surface area contributed by atoms with Gasteiger partial charge in [-0.2, -0.15) is 23.5 Å². The lowest BCUT2D eigenvalue weighted by Crippen LogP contribution is -2.23. The lowest BCUT2D eigenvalue weighted by atomic mass is 10.2. The van der Waals surface area contributed by atoms with Crippen molar-refractivity contribution >= 4 is 34.9 Å². The van der Waals surface area contributed by atoms with Crippen molar-refractivity contribution in [3.05, 3.63) is 28.3 Å². The second-order valence-corrected chi connectivity index (χ2v) is 7.26. The number of hydrogen-bond acceptors (Lipinski definition) is 6. The Morgan fingerprint density at radius 3 is 3.00 bits per heavy atom. The maximum Gasteiger partial charge on any atom is 0.333 e. The first kappa shape index (κ1) is 16.3. The van der Waals surface area contributed by atoms with Crippen molar-refractivity contribution in [1.29, 1.82) is 0 Å². The van der Waals surface area contributed by atoms with Crippen molar-refractivity contribution in [3.63, 3.8) is 0 Å². The van der Waals surface area contributed by atoms with Crippen molar-refractivity contribution in [2.75, 3.05) is 35.7 Å². The van der Waals surface area contributed by atoms with E-state index in [9.17, 15) is 10.1 Å². The molecule has 0 radical (unpaired) electrons. The van der Waals surface area contributed by atoms with Gasteiger partial charge in [0.1, 0.15) is 5.69 Å². The number of benzene rings is 1. The van der Waals surface area contributed by atoms with Gasteiger partial charge in [-0.25, -0.2) is 0 Å². The molecule has 1 fully saturated rings. The third-order valence-corrected chi connectivity index (χ3v) is 5.89. The first-order valence-electron chi connectivity index (χ1n) is 7.05. The van der Waals surface area contributed by atoms with Crippen LogP contribution in [0.25, 0.3) is 0 Å². The first-order valence-corrected chi connectivity index (χ1v) is 9.26. The molecule has 1 atom stereocenters. The van der Waals surface area contributed by atoms with E-state index in [-0.39, 0.29) is 10.6 Å². The zero-order valence-electron chi connectivity index (χ0n) is 12.0. The number of nitrogens with one attached hydrogen (secondary N) is 1. The minimum absolute atomic E-state index is 0.0411. The highest BCUT2D eigenvalue weighted by molar-refractivity contribution is 8.06.